The third kappa shape index (κ3) is 7.61. The lowest BCUT2D eigenvalue weighted by atomic mass is 9.92. The van der Waals surface area contributed by atoms with Crippen LogP contribution in [0.1, 0.15) is 42.4 Å². The van der Waals surface area contributed by atoms with E-state index in [0.29, 0.717) is 76.1 Å². The van der Waals surface area contributed by atoms with E-state index in [0.717, 1.165) is 30.6 Å². The molecule has 2 fully saturated rings. The van der Waals surface area contributed by atoms with Crippen molar-refractivity contribution in [3.8, 4) is 5.75 Å². The molecule has 1 saturated heterocycles. The highest BCUT2D eigenvalue weighted by Crippen LogP contribution is 2.39. The van der Waals surface area contributed by atoms with Crippen molar-refractivity contribution in [1.82, 2.24) is 9.80 Å². The van der Waals surface area contributed by atoms with E-state index in [2.05, 4.69) is 10.2 Å². The number of alkyl halides is 6. The van der Waals surface area contributed by atoms with Gasteiger partial charge in [-0.3, -0.25) is 24.7 Å². The number of anilines is 1. The normalized spacial score (nSPS) is 23.9. The number of nitro groups is 1. The smallest absolute Gasteiger partial charge is 0.423 e. The zero-order valence-corrected chi connectivity index (χ0v) is 23.6. The Morgan fingerprint density at radius 1 is 1.00 bits per heavy atom. The van der Waals surface area contributed by atoms with Crippen LogP contribution in [0.25, 0.3) is 0 Å². The van der Waals surface area contributed by atoms with Gasteiger partial charge in [0, 0.05) is 56.9 Å². The monoisotopic (exact) mass is 630 g/mol. The Hall–Kier alpha value is -3.43. The first-order chi connectivity index (χ1) is 20.8. The fourth-order valence-electron chi connectivity index (χ4n) is 6.08. The fourth-order valence-corrected chi connectivity index (χ4v) is 6.08. The molecule has 2 aromatic rings. The molecule has 44 heavy (non-hydrogen) atoms. The quantitative estimate of drug-likeness (QED) is 0.168. The van der Waals surface area contributed by atoms with Crippen LogP contribution in [0, 0.1) is 10.1 Å². The fraction of sp³-hybridized carbons (Fsp3) is 0.552. The molecule has 0 radical (unpaired) electrons. The molecule has 0 bridgehead atoms. The van der Waals surface area contributed by atoms with Crippen LogP contribution in [0.2, 0.25) is 0 Å². The molecule has 15 heteroatoms. The molecule has 1 saturated carbocycles. The third-order valence-corrected chi connectivity index (χ3v) is 8.35. The van der Waals surface area contributed by atoms with Gasteiger partial charge in [-0.15, -0.1) is 0 Å². The molecule has 0 amide bonds. The van der Waals surface area contributed by atoms with Gasteiger partial charge in [-0.05, 0) is 61.6 Å². The molecule has 0 spiro atoms. The van der Waals surface area contributed by atoms with Gasteiger partial charge in [-0.2, -0.15) is 26.3 Å². The van der Waals surface area contributed by atoms with Gasteiger partial charge in [0.2, 0.25) is 0 Å². The average molecular weight is 631 g/mol. The van der Waals surface area contributed by atoms with Crippen molar-refractivity contribution < 1.29 is 45.5 Å². The summed E-state index contributed by atoms with van der Waals surface area (Å²) >= 11 is 0. The van der Waals surface area contributed by atoms with Gasteiger partial charge < -0.3 is 14.8 Å². The molecule has 2 heterocycles. The predicted octanol–water partition coefficient (Wildman–Crippen LogP) is 5.52. The molecule has 9 nitrogen and oxygen atoms in total. The number of nitrogens with zero attached hydrogens (tertiary/aromatic N) is 3. The first-order valence-corrected chi connectivity index (χ1v) is 14.4. The molecule has 2 unspecified atom stereocenters. The SMILES string of the molecule is O=CC(OC1CCC(Nc2ccc([N+](=O)[O-])c(C(F)(F)F)c2)CC1)N1CCN(CC2Cc3cc(C(F)(F)F)ccc3O2)CC1. The molecule has 3 aliphatic rings. The maximum atomic E-state index is 13.3. The van der Waals surface area contributed by atoms with E-state index in [1.807, 2.05) is 4.90 Å². The lowest BCUT2D eigenvalue weighted by Crippen LogP contribution is -2.54. The summed E-state index contributed by atoms with van der Waals surface area (Å²) in [6, 6.07) is 6.24. The van der Waals surface area contributed by atoms with Crippen molar-refractivity contribution >= 4 is 17.7 Å². The van der Waals surface area contributed by atoms with Crippen molar-refractivity contribution in [1.29, 1.82) is 0 Å². The zero-order chi connectivity index (χ0) is 31.6. The molecule has 1 aliphatic carbocycles. The van der Waals surface area contributed by atoms with Crippen molar-refractivity contribution in [2.24, 2.45) is 0 Å². The first-order valence-electron chi connectivity index (χ1n) is 14.4. The van der Waals surface area contributed by atoms with Crippen LogP contribution in [-0.2, 0) is 28.3 Å². The van der Waals surface area contributed by atoms with Gasteiger partial charge in [0.1, 0.15) is 17.4 Å². The molecule has 0 aromatic heterocycles. The highest BCUT2D eigenvalue weighted by Gasteiger charge is 2.39. The summed E-state index contributed by atoms with van der Waals surface area (Å²) in [7, 11) is 0. The highest BCUT2D eigenvalue weighted by molar-refractivity contribution is 5.56. The number of ether oxygens (including phenoxy) is 2. The largest absolute Gasteiger partial charge is 0.488 e. The van der Waals surface area contributed by atoms with Gasteiger partial charge >= 0.3 is 12.4 Å². The van der Waals surface area contributed by atoms with Gasteiger partial charge in [0.15, 0.2) is 12.5 Å². The molecular weight excluding hydrogens is 598 g/mol. The van der Waals surface area contributed by atoms with Crippen LogP contribution in [0.3, 0.4) is 0 Å². The summed E-state index contributed by atoms with van der Waals surface area (Å²) < 4.78 is 91.0. The van der Waals surface area contributed by atoms with Crippen LogP contribution in [0.5, 0.6) is 5.75 Å². The van der Waals surface area contributed by atoms with Crippen molar-refractivity contribution in [3.05, 3.63) is 63.2 Å². The summed E-state index contributed by atoms with van der Waals surface area (Å²) in [5.41, 5.74) is -2.31. The zero-order valence-electron chi connectivity index (χ0n) is 23.6. The number of nitrogens with one attached hydrogen (secondary N) is 1. The molecule has 1 N–H and O–H groups in total. The molecule has 2 atom stereocenters. The number of piperazine rings is 1. The van der Waals surface area contributed by atoms with Crippen LogP contribution >= 0.6 is 0 Å². The minimum atomic E-state index is -4.86. The van der Waals surface area contributed by atoms with Gasteiger partial charge in [0.05, 0.1) is 16.6 Å². The molecule has 2 aliphatic heterocycles. The Morgan fingerprint density at radius 2 is 1.70 bits per heavy atom. The standard InChI is InChI=1S/C29H32F6N4O5/c30-28(31,32)19-1-8-26-18(13-19)14-23(43-26)16-37-9-11-38(12-10-37)27(17-40)44-22-5-2-20(3-6-22)36-21-4-7-25(39(41)42)24(15-21)29(33,34)35/h1,4,7-8,13,15,17,20,22-23,27,36H,2-3,5-6,9-12,14,16H2. The van der Waals surface area contributed by atoms with E-state index in [1.54, 1.807) is 0 Å². The molecule has 5 rings (SSSR count). The summed E-state index contributed by atoms with van der Waals surface area (Å²) in [5.74, 6) is 0.472. The third-order valence-electron chi connectivity index (χ3n) is 8.35. The van der Waals surface area contributed by atoms with E-state index in [9.17, 15) is 41.3 Å². The minimum absolute atomic E-state index is 0.147. The number of fused-ring (bicyclic) bond motifs is 1. The number of carbonyl (C=O) groups is 1. The summed E-state index contributed by atoms with van der Waals surface area (Å²) in [6.45, 7) is 2.92. The van der Waals surface area contributed by atoms with Gasteiger partial charge in [0.25, 0.3) is 5.69 Å². The van der Waals surface area contributed by atoms with Crippen molar-refractivity contribution in [2.75, 3.05) is 38.0 Å². The van der Waals surface area contributed by atoms with Crippen LogP contribution in [-0.4, -0.2) is 78.2 Å². The van der Waals surface area contributed by atoms with E-state index < -0.39 is 40.3 Å². The van der Waals surface area contributed by atoms with Gasteiger partial charge in [-0.1, -0.05) is 0 Å². The maximum Gasteiger partial charge on any atom is 0.423 e. The second kappa shape index (κ2) is 12.9. The second-order valence-corrected chi connectivity index (χ2v) is 11.4. The number of hydrogen-bond donors (Lipinski definition) is 1. The highest BCUT2D eigenvalue weighted by atomic mass is 19.4. The van der Waals surface area contributed by atoms with Crippen LogP contribution in [0.15, 0.2) is 36.4 Å². The molecule has 240 valence electrons. The average Bonchev–Trinajstić information content (AvgIpc) is 3.38. The number of carbonyl (C=O) groups excluding carboxylic acids is 1. The molecule has 2 aromatic carbocycles. The molecular formula is C29H32F6N4O5. The Bertz CT molecular complexity index is 1340. The Morgan fingerprint density at radius 3 is 2.32 bits per heavy atom. The topological polar surface area (TPSA) is 97.2 Å². The Balaban J connectivity index is 1.06. The Kier molecular flexibility index (Phi) is 9.37. The summed E-state index contributed by atoms with van der Waals surface area (Å²) in [6.07, 6.45) is -7.01. The number of hydrogen-bond acceptors (Lipinski definition) is 8. The lowest BCUT2D eigenvalue weighted by Gasteiger charge is -2.39. The lowest BCUT2D eigenvalue weighted by molar-refractivity contribution is -0.388. The first kappa shape index (κ1) is 32.0. The van der Waals surface area contributed by atoms with E-state index >= 15 is 0 Å². The minimum Gasteiger partial charge on any atom is -0.488 e. The van der Waals surface area contributed by atoms with Crippen LogP contribution < -0.4 is 10.1 Å². The maximum absolute atomic E-state index is 13.3. The van der Waals surface area contributed by atoms with Gasteiger partial charge in [-0.25, -0.2) is 0 Å². The predicted molar refractivity (Wildman–Crippen MR) is 146 cm³/mol. The van der Waals surface area contributed by atoms with E-state index in [1.165, 1.54) is 12.1 Å². The second-order valence-electron chi connectivity index (χ2n) is 11.4. The number of benzene rings is 2. The number of rotatable bonds is 9. The van der Waals surface area contributed by atoms with Crippen molar-refractivity contribution in [2.45, 2.75) is 68.9 Å². The number of nitro benzene ring substituents is 1. The number of aldehydes is 1. The van der Waals surface area contributed by atoms with E-state index in [4.69, 9.17) is 9.47 Å². The Labute approximate surface area is 249 Å². The van der Waals surface area contributed by atoms with Crippen LogP contribution in [0.4, 0.5) is 37.7 Å². The summed E-state index contributed by atoms with van der Waals surface area (Å²) in [4.78, 5) is 26.0. The van der Waals surface area contributed by atoms with Crippen molar-refractivity contribution in [3.63, 3.8) is 0 Å². The summed E-state index contributed by atoms with van der Waals surface area (Å²) in [5, 5.41) is 14.0. The van der Waals surface area contributed by atoms with E-state index in [-0.39, 0.29) is 23.9 Å². The number of halogens is 6.